The molecule has 2 heterocycles. The predicted octanol–water partition coefficient (Wildman–Crippen LogP) is -0.206. The minimum Gasteiger partial charge on any atom is -0.377 e. The molecule has 0 saturated carbocycles. The number of rotatable bonds is 7. The molecule has 1 aliphatic rings. The fourth-order valence-corrected chi connectivity index (χ4v) is 3.74. The molecule has 11 heteroatoms. The molecule has 3 rings (SSSR count). The lowest BCUT2D eigenvalue weighted by atomic mass is 10.1. The molecule has 29 heavy (non-hydrogen) atoms. The maximum Gasteiger partial charge on any atom is 0.238 e. The molecule has 2 aromatic rings. The lowest BCUT2D eigenvalue weighted by molar-refractivity contribution is 0.177. The maximum absolute atomic E-state index is 11.3. The van der Waals surface area contributed by atoms with Gasteiger partial charge < -0.3 is 15.4 Å². The van der Waals surface area contributed by atoms with Crippen molar-refractivity contribution in [3.63, 3.8) is 0 Å². The smallest absolute Gasteiger partial charge is 0.238 e. The summed E-state index contributed by atoms with van der Waals surface area (Å²) < 4.78 is 29.6. The monoisotopic (exact) mass is 421 g/mol. The van der Waals surface area contributed by atoms with Gasteiger partial charge in [-0.15, -0.1) is 0 Å². The standard InChI is InChI=1S/C18H27N7O3S/c1-20-18(21-10-9-13-3-6-15(7-4-13)29(19,26)27)22-14-5-8-17-23-16(12-28-2)24-25(17)11-14/h3-4,6-7,14H,5,8-12H2,1-2H3,(H2,19,26,27)(H2,20,21,22). The molecule has 1 aliphatic heterocycles. The molecular formula is C18H27N7O3S. The van der Waals surface area contributed by atoms with Crippen molar-refractivity contribution in [3.8, 4) is 0 Å². The number of aryl methyl sites for hydroxylation is 1. The van der Waals surface area contributed by atoms with Crippen LogP contribution in [0.15, 0.2) is 34.2 Å². The number of sulfonamides is 1. The summed E-state index contributed by atoms with van der Waals surface area (Å²) in [5.41, 5.74) is 1.01. The Morgan fingerprint density at radius 3 is 2.79 bits per heavy atom. The average Bonchev–Trinajstić information content (AvgIpc) is 3.09. The Hall–Kier alpha value is -2.50. The van der Waals surface area contributed by atoms with Crippen molar-refractivity contribution in [1.29, 1.82) is 0 Å². The van der Waals surface area contributed by atoms with Crippen LogP contribution in [0.5, 0.6) is 0 Å². The number of guanidine groups is 1. The molecule has 1 atom stereocenters. The van der Waals surface area contributed by atoms with Crippen LogP contribution in [-0.4, -0.2) is 55.9 Å². The zero-order valence-electron chi connectivity index (χ0n) is 16.6. The van der Waals surface area contributed by atoms with E-state index in [0.717, 1.165) is 43.2 Å². The van der Waals surface area contributed by atoms with Crippen LogP contribution in [0.3, 0.4) is 0 Å². The van der Waals surface area contributed by atoms with E-state index < -0.39 is 10.0 Å². The van der Waals surface area contributed by atoms with E-state index in [1.807, 2.05) is 4.68 Å². The summed E-state index contributed by atoms with van der Waals surface area (Å²) in [5.74, 6) is 2.41. The van der Waals surface area contributed by atoms with Crippen molar-refractivity contribution >= 4 is 16.0 Å². The second kappa shape index (κ2) is 9.33. The molecule has 0 fully saturated rings. The predicted molar refractivity (Wildman–Crippen MR) is 109 cm³/mol. The van der Waals surface area contributed by atoms with E-state index >= 15 is 0 Å². The van der Waals surface area contributed by atoms with Gasteiger partial charge in [0.05, 0.1) is 11.4 Å². The largest absolute Gasteiger partial charge is 0.377 e. The molecule has 1 unspecified atom stereocenters. The lowest BCUT2D eigenvalue weighted by Gasteiger charge is -2.25. The van der Waals surface area contributed by atoms with E-state index in [4.69, 9.17) is 9.88 Å². The molecule has 0 bridgehead atoms. The van der Waals surface area contributed by atoms with Gasteiger partial charge in [0.2, 0.25) is 10.0 Å². The molecular weight excluding hydrogens is 394 g/mol. The zero-order chi connectivity index (χ0) is 20.9. The number of hydrogen-bond donors (Lipinski definition) is 3. The summed E-state index contributed by atoms with van der Waals surface area (Å²) in [6.45, 7) is 1.80. The third kappa shape index (κ3) is 5.75. The molecule has 1 aromatic heterocycles. The SMILES string of the molecule is CN=C(NCCc1ccc(S(N)(=O)=O)cc1)NC1CCc2nc(COC)nn2C1. The number of benzene rings is 1. The van der Waals surface area contributed by atoms with Gasteiger partial charge in [-0.2, -0.15) is 5.10 Å². The number of ether oxygens (including phenoxy) is 1. The number of aromatic nitrogens is 3. The highest BCUT2D eigenvalue weighted by atomic mass is 32.2. The van der Waals surface area contributed by atoms with Gasteiger partial charge in [-0.1, -0.05) is 12.1 Å². The first-order valence-electron chi connectivity index (χ1n) is 9.39. The summed E-state index contributed by atoms with van der Waals surface area (Å²) in [7, 11) is -0.294. The third-order valence-electron chi connectivity index (χ3n) is 4.70. The number of aliphatic imine (C=N–C) groups is 1. The highest BCUT2D eigenvalue weighted by Crippen LogP contribution is 2.13. The normalized spacial score (nSPS) is 17.1. The summed E-state index contributed by atoms with van der Waals surface area (Å²) in [4.78, 5) is 8.89. The number of hydrogen-bond acceptors (Lipinski definition) is 6. The van der Waals surface area contributed by atoms with Crippen molar-refractivity contribution < 1.29 is 13.2 Å². The van der Waals surface area contributed by atoms with Gasteiger partial charge in [-0.3, -0.25) is 4.99 Å². The minimum atomic E-state index is -3.66. The number of primary sulfonamides is 1. The van der Waals surface area contributed by atoms with E-state index in [-0.39, 0.29) is 10.9 Å². The van der Waals surface area contributed by atoms with Crippen LogP contribution >= 0.6 is 0 Å². The van der Waals surface area contributed by atoms with E-state index in [1.165, 1.54) is 12.1 Å². The van der Waals surface area contributed by atoms with Crippen LogP contribution in [0, 0.1) is 0 Å². The Kier molecular flexibility index (Phi) is 6.83. The summed E-state index contributed by atoms with van der Waals surface area (Å²) in [6, 6.07) is 6.78. The second-order valence-electron chi connectivity index (χ2n) is 6.88. The van der Waals surface area contributed by atoms with Gasteiger partial charge in [-0.25, -0.2) is 23.2 Å². The number of nitrogens with two attached hydrogens (primary N) is 1. The molecule has 158 valence electrons. The first kappa shape index (κ1) is 21.2. The van der Waals surface area contributed by atoms with Crippen molar-refractivity contribution in [3.05, 3.63) is 41.5 Å². The number of fused-ring (bicyclic) bond motifs is 1. The Morgan fingerprint density at radius 1 is 1.38 bits per heavy atom. The van der Waals surface area contributed by atoms with Gasteiger partial charge in [0, 0.05) is 33.2 Å². The van der Waals surface area contributed by atoms with Crippen LogP contribution in [-0.2, 0) is 40.8 Å². The van der Waals surface area contributed by atoms with E-state index in [0.29, 0.717) is 19.0 Å². The molecule has 1 aromatic carbocycles. The first-order chi connectivity index (χ1) is 13.9. The number of nitrogens with one attached hydrogen (secondary N) is 2. The van der Waals surface area contributed by atoms with Crippen LogP contribution in [0.25, 0.3) is 0 Å². The first-order valence-corrected chi connectivity index (χ1v) is 10.9. The topological polar surface area (TPSA) is 137 Å². The van der Waals surface area contributed by atoms with Crippen molar-refractivity contribution in [1.82, 2.24) is 25.4 Å². The molecule has 0 amide bonds. The summed E-state index contributed by atoms with van der Waals surface area (Å²) in [6.07, 6.45) is 2.52. The van der Waals surface area contributed by atoms with Gasteiger partial charge >= 0.3 is 0 Å². The highest BCUT2D eigenvalue weighted by molar-refractivity contribution is 7.89. The summed E-state index contributed by atoms with van der Waals surface area (Å²) >= 11 is 0. The Bertz CT molecular complexity index is 954. The number of nitrogens with zero attached hydrogens (tertiary/aromatic N) is 4. The van der Waals surface area contributed by atoms with Crippen molar-refractivity contribution in [2.45, 2.75) is 43.4 Å². The fraction of sp³-hybridized carbons (Fsp3) is 0.500. The van der Waals surface area contributed by atoms with Crippen LogP contribution < -0.4 is 15.8 Å². The Labute approximate surface area is 170 Å². The quantitative estimate of drug-likeness (QED) is 0.416. The molecule has 4 N–H and O–H groups in total. The Morgan fingerprint density at radius 2 is 2.14 bits per heavy atom. The number of methoxy groups -OCH3 is 1. The molecule has 0 saturated heterocycles. The minimum absolute atomic E-state index is 0.116. The van der Waals surface area contributed by atoms with Gasteiger partial charge in [0.1, 0.15) is 12.4 Å². The molecule has 0 spiro atoms. The third-order valence-corrected chi connectivity index (χ3v) is 5.63. The van der Waals surface area contributed by atoms with Gasteiger partial charge in [0.25, 0.3) is 0 Å². The van der Waals surface area contributed by atoms with Crippen LogP contribution in [0.2, 0.25) is 0 Å². The van der Waals surface area contributed by atoms with Crippen molar-refractivity contribution in [2.24, 2.45) is 10.1 Å². The van der Waals surface area contributed by atoms with Crippen LogP contribution in [0.4, 0.5) is 0 Å². The second-order valence-corrected chi connectivity index (χ2v) is 8.44. The zero-order valence-corrected chi connectivity index (χ0v) is 17.4. The molecule has 10 nitrogen and oxygen atoms in total. The maximum atomic E-state index is 11.3. The van der Waals surface area contributed by atoms with Gasteiger partial charge in [0.15, 0.2) is 11.8 Å². The highest BCUT2D eigenvalue weighted by Gasteiger charge is 2.22. The van der Waals surface area contributed by atoms with E-state index in [2.05, 4.69) is 25.7 Å². The van der Waals surface area contributed by atoms with Crippen LogP contribution in [0.1, 0.15) is 23.6 Å². The average molecular weight is 422 g/mol. The Balaban J connectivity index is 1.48. The van der Waals surface area contributed by atoms with E-state index in [1.54, 1.807) is 26.3 Å². The summed E-state index contributed by atoms with van der Waals surface area (Å²) in [5, 5.41) is 16.3. The van der Waals surface area contributed by atoms with Crippen molar-refractivity contribution in [2.75, 3.05) is 20.7 Å². The van der Waals surface area contributed by atoms with Gasteiger partial charge in [-0.05, 0) is 30.5 Å². The fourth-order valence-electron chi connectivity index (χ4n) is 3.23. The molecule has 0 radical (unpaired) electrons. The van der Waals surface area contributed by atoms with E-state index in [9.17, 15) is 8.42 Å². The lowest BCUT2D eigenvalue weighted by Crippen LogP contribution is -2.47. The molecule has 0 aliphatic carbocycles.